The van der Waals surface area contributed by atoms with Gasteiger partial charge in [-0.1, -0.05) is 0 Å². The molecular formula is C12H19N5. The maximum atomic E-state index is 4.32. The lowest BCUT2D eigenvalue weighted by molar-refractivity contribution is 0.586. The van der Waals surface area contributed by atoms with Gasteiger partial charge in [0, 0.05) is 50.8 Å². The molecule has 0 spiro atoms. The van der Waals surface area contributed by atoms with E-state index in [-0.39, 0.29) is 0 Å². The van der Waals surface area contributed by atoms with Crippen LogP contribution < -0.4 is 5.32 Å². The molecule has 0 amide bonds. The number of rotatable bonds is 5. The predicted molar refractivity (Wildman–Crippen MR) is 66.6 cm³/mol. The highest BCUT2D eigenvalue weighted by atomic mass is 15.2. The summed E-state index contributed by atoms with van der Waals surface area (Å²) in [7, 11) is 1.95. The molecule has 0 saturated carbocycles. The van der Waals surface area contributed by atoms with Gasteiger partial charge in [-0.05, 0) is 13.8 Å². The topological polar surface area (TPSA) is 47.7 Å². The van der Waals surface area contributed by atoms with Crippen LogP contribution in [0.5, 0.6) is 0 Å². The number of hydrogen-bond acceptors (Lipinski definition) is 3. The molecule has 0 aliphatic rings. The molecule has 2 rings (SSSR count). The van der Waals surface area contributed by atoms with E-state index in [0.717, 1.165) is 31.2 Å². The lowest BCUT2D eigenvalue weighted by atomic mass is 10.2. The normalized spacial score (nSPS) is 11.0. The average molecular weight is 233 g/mol. The smallest absolute Gasteiger partial charge is 0.105 e. The molecule has 0 aliphatic carbocycles. The second kappa shape index (κ2) is 5.14. The third-order valence-electron chi connectivity index (χ3n) is 2.88. The maximum Gasteiger partial charge on any atom is 0.105 e. The average Bonchev–Trinajstić information content (AvgIpc) is 2.81. The summed E-state index contributed by atoms with van der Waals surface area (Å²) in [5.41, 5.74) is 2.36. The van der Waals surface area contributed by atoms with E-state index in [2.05, 4.69) is 26.2 Å². The molecule has 0 atom stereocenters. The van der Waals surface area contributed by atoms with Crippen molar-refractivity contribution in [3.05, 3.63) is 35.7 Å². The van der Waals surface area contributed by atoms with E-state index >= 15 is 0 Å². The largest absolute Gasteiger partial charge is 0.334 e. The maximum absolute atomic E-state index is 4.32. The number of aromatic nitrogens is 4. The minimum absolute atomic E-state index is 0.868. The van der Waals surface area contributed by atoms with Crippen LogP contribution in [0.3, 0.4) is 0 Å². The van der Waals surface area contributed by atoms with Crippen molar-refractivity contribution in [1.82, 2.24) is 24.6 Å². The van der Waals surface area contributed by atoms with Gasteiger partial charge in [-0.2, -0.15) is 5.10 Å². The highest BCUT2D eigenvalue weighted by Gasteiger charge is 2.02. The van der Waals surface area contributed by atoms with Gasteiger partial charge in [-0.3, -0.25) is 4.68 Å². The van der Waals surface area contributed by atoms with Crippen LogP contribution in [-0.2, 0) is 20.1 Å². The second-order valence-electron chi connectivity index (χ2n) is 4.26. The van der Waals surface area contributed by atoms with E-state index in [4.69, 9.17) is 0 Å². The Hall–Kier alpha value is -1.62. The first kappa shape index (κ1) is 11.9. The molecule has 0 radical (unpaired) electrons. The summed E-state index contributed by atoms with van der Waals surface area (Å²) < 4.78 is 4.00. The number of hydrogen-bond donors (Lipinski definition) is 1. The molecule has 5 heteroatoms. The Morgan fingerprint density at radius 2 is 2.18 bits per heavy atom. The molecule has 2 aromatic heterocycles. The van der Waals surface area contributed by atoms with Crippen molar-refractivity contribution in [2.45, 2.75) is 26.9 Å². The van der Waals surface area contributed by atoms with Gasteiger partial charge in [0.15, 0.2) is 0 Å². The van der Waals surface area contributed by atoms with Crippen LogP contribution in [-0.4, -0.2) is 25.9 Å². The van der Waals surface area contributed by atoms with Gasteiger partial charge in [0.2, 0.25) is 0 Å². The van der Waals surface area contributed by atoms with Crippen molar-refractivity contribution in [3.8, 4) is 0 Å². The summed E-state index contributed by atoms with van der Waals surface area (Å²) in [5.74, 6) is 1.06. The molecule has 2 heterocycles. The standard InChI is InChI=1S/C12H19N5/c1-10-12(9-16(3)15-10)8-13-4-6-17-7-5-14-11(17)2/h5,7,9,13H,4,6,8H2,1-3H3. The molecule has 2 aromatic rings. The van der Waals surface area contributed by atoms with Gasteiger partial charge < -0.3 is 9.88 Å². The van der Waals surface area contributed by atoms with Crippen LogP contribution in [0.2, 0.25) is 0 Å². The van der Waals surface area contributed by atoms with E-state index in [1.807, 2.05) is 38.0 Å². The fourth-order valence-corrected chi connectivity index (χ4v) is 1.88. The van der Waals surface area contributed by atoms with Crippen molar-refractivity contribution in [2.24, 2.45) is 7.05 Å². The molecule has 17 heavy (non-hydrogen) atoms. The summed E-state index contributed by atoms with van der Waals surface area (Å²) >= 11 is 0. The van der Waals surface area contributed by atoms with Crippen molar-refractivity contribution < 1.29 is 0 Å². The summed E-state index contributed by atoms with van der Waals surface area (Å²) in [6.45, 7) is 6.81. The number of nitrogens with one attached hydrogen (secondary N) is 1. The molecule has 0 unspecified atom stereocenters. The van der Waals surface area contributed by atoms with Gasteiger partial charge in [0.25, 0.3) is 0 Å². The van der Waals surface area contributed by atoms with Gasteiger partial charge in [0.1, 0.15) is 5.82 Å². The Morgan fingerprint density at radius 3 is 2.76 bits per heavy atom. The number of imidazole rings is 1. The van der Waals surface area contributed by atoms with E-state index in [9.17, 15) is 0 Å². The highest BCUT2D eigenvalue weighted by molar-refractivity contribution is 5.14. The van der Waals surface area contributed by atoms with E-state index in [0.29, 0.717) is 0 Å². The fraction of sp³-hybridized carbons (Fsp3) is 0.500. The fourth-order valence-electron chi connectivity index (χ4n) is 1.88. The van der Waals surface area contributed by atoms with Gasteiger partial charge >= 0.3 is 0 Å². The zero-order chi connectivity index (χ0) is 12.3. The van der Waals surface area contributed by atoms with Crippen LogP contribution >= 0.6 is 0 Å². The molecule has 5 nitrogen and oxygen atoms in total. The lowest BCUT2D eigenvalue weighted by Crippen LogP contribution is -2.19. The van der Waals surface area contributed by atoms with Crippen molar-refractivity contribution in [1.29, 1.82) is 0 Å². The molecule has 0 saturated heterocycles. The van der Waals surface area contributed by atoms with Crippen LogP contribution in [0.1, 0.15) is 17.1 Å². The third kappa shape index (κ3) is 2.94. The SMILES string of the molecule is Cc1nn(C)cc1CNCCn1ccnc1C. The zero-order valence-electron chi connectivity index (χ0n) is 10.6. The van der Waals surface area contributed by atoms with Crippen LogP contribution in [0.25, 0.3) is 0 Å². The van der Waals surface area contributed by atoms with Crippen molar-refractivity contribution in [3.63, 3.8) is 0 Å². The van der Waals surface area contributed by atoms with Crippen molar-refractivity contribution >= 4 is 0 Å². The van der Waals surface area contributed by atoms with Crippen LogP contribution in [0.4, 0.5) is 0 Å². The third-order valence-corrected chi connectivity index (χ3v) is 2.88. The van der Waals surface area contributed by atoms with Gasteiger partial charge in [-0.25, -0.2) is 4.98 Å². The molecular weight excluding hydrogens is 214 g/mol. The number of nitrogens with zero attached hydrogens (tertiary/aromatic N) is 4. The Kier molecular flexibility index (Phi) is 3.58. The zero-order valence-corrected chi connectivity index (χ0v) is 10.6. The Labute approximate surface area is 101 Å². The summed E-state index contributed by atoms with van der Waals surface area (Å²) in [6, 6.07) is 0. The van der Waals surface area contributed by atoms with Crippen LogP contribution in [0.15, 0.2) is 18.6 Å². The Balaban J connectivity index is 1.77. The molecule has 0 aliphatic heterocycles. The highest BCUT2D eigenvalue weighted by Crippen LogP contribution is 2.03. The minimum Gasteiger partial charge on any atom is -0.334 e. The molecule has 0 bridgehead atoms. The van der Waals surface area contributed by atoms with E-state index in [1.165, 1.54) is 5.56 Å². The summed E-state index contributed by atoms with van der Waals surface area (Å²) in [6.07, 6.45) is 5.90. The predicted octanol–water partition coefficient (Wildman–Crippen LogP) is 1.02. The summed E-state index contributed by atoms with van der Waals surface area (Å²) in [4.78, 5) is 4.19. The molecule has 92 valence electrons. The van der Waals surface area contributed by atoms with Gasteiger partial charge in [-0.15, -0.1) is 0 Å². The molecule has 0 fully saturated rings. The molecule has 1 N–H and O–H groups in total. The van der Waals surface area contributed by atoms with E-state index in [1.54, 1.807) is 0 Å². The lowest BCUT2D eigenvalue weighted by Gasteiger charge is -2.06. The first-order chi connectivity index (χ1) is 8.16. The van der Waals surface area contributed by atoms with Crippen LogP contribution in [0, 0.1) is 13.8 Å². The second-order valence-corrected chi connectivity index (χ2v) is 4.26. The monoisotopic (exact) mass is 233 g/mol. The van der Waals surface area contributed by atoms with Gasteiger partial charge in [0.05, 0.1) is 5.69 Å². The Morgan fingerprint density at radius 1 is 1.35 bits per heavy atom. The number of aryl methyl sites for hydroxylation is 3. The minimum atomic E-state index is 0.868. The first-order valence-electron chi connectivity index (χ1n) is 5.84. The van der Waals surface area contributed by atoms with E-state index < -0.39 is 0 Å². The summed E-state index contributed by atoms with van der Waals surface area (Å²) in [5, 5.41) is 7.73. The Bertz CT molecular complexity index is 483. The quantitative estimate of drug-likeness (QED) is 0.784. The first-order valence-corrected chi connectivity index (χ1v) is 5.84. The van der Waals surface area contributed by atoms with Crippen molar-refractivity contribution in [2.75, 3.05) is 6.54 Å². The molecule has 0 aromatic carbocycles.